The molecule has 0 fully saturated rings. The Balaban J connectivity index is 1.45. The van der Waals surface area contributed by atoms with Gasteiger partial charge >= 0.3 is 11.6 Å². The Morgan fingerprint density at radius 2 is 2.14 bits per heavy atom. The van der Waals surface area contributed by atoms with Crippen LogP contribution in [0, 0.1) is 0 Å². The van der Waals surface area contributed by atoms with E-state index in [9.17, 15) is 14.7 Å². The summed E-state index contributed by atoms with van der Waals surface area (Å²) in [6.07, 6.45) is 3.42. The largest absolute Gasteiger partial charge is 0.508 e. The SMILES string of the molecule is O=C(Cc1csc(-c2cccnc2)n1)OCc1cc(=O)oc2cc(O)ccc12. The molecule has 0 amide bonds. The summed E-state index contributed by atoms with van der Waals surface area (Å²) >= 11 is 1.43. The summed E-state index contributed by atoms with van der Waals surface area (Å²) in [5.74, 6) is -0.471. The van der Waals surface area contributed by atoms with Crippen molar-refractivity contribution in [1.82, 2.24) is 9.97 Å². The minimum absolute atomic E-state index is 0.0160. The van der Waals surface area contributed by atoms with Crippen LogP contribution in [-0.4, -0.2) is 21.0 Å². The number of aromatic nitrogens is 2. The zero-order chi connectivity index (χ0) is 19.5. The number of aromatic hydroxyl groups is 1. The van der Waals surface area contributed by atoms with Gasteiger partial charge in [0.2, 0.25) is 0 Å². The summed E-state index contributed by atoms with van der Waals surface area (Å²) in [4.78, 5) is 32.4. The van der Waals surface area contributed by atoms with Gasteiger partial charge in [0.05, 0.1) is 12.1 Å². The quantitative estimate of drug-likeness (QED) is 0.409. The molecule has 4 rings (SSSR count). The molecule has 0 unspecified atom stereocenters. The molecule has 8 heteroatoms. The fraction of sp³-hybridized carbons (Fsp3) is 0.100. The maximum Gasteiger partial charge on any atom is 0.336 e. The lowest BCUT2D eigenvalue weighted by molar-refractivity contribution is -0.144. The molecule has 0 saturated heterocycles. The van der Waals surface area contributed by atoms with Crippen molar-refractivity contribution in [3.05, 3.63) is 75.8 Å². The van der Waals surface area contributed by atoms with Crippen molar-refractivity contribution in [2.45, 2.75) is 13.0 Å². The van der Waals surface area contributed by atoms with Gasteiger partial charge in [-0.15, -0.1) is 11.3 Å². The summed E-state index contributed by atoms with van der Waals surface area (Å²) in [6, 6.07) is 9.43. The van der Waals surface area contributed by atoms with Gasteiger partial charge in [-0.25, -0.2) is 9.78 Å². The number of pyridine rings is 1. The van der Waals surface area contributed by atoms with Crippen LogP contribution in [0.2, 0.25) is 0 Å². The lowest BCUT2D eigenvalue weighted by atomic mass is 10.1. The van der Waals surface area contributed by atoms with Gasteiger partial charge in [-0.1, -0.05) is 0 Å². The van der Waals surface area contributed by atoms with Crippen LogP contribution in [0.25, 0.3) is 21.5 Å². The van der Waals surface area contributed by atoms with E-state index in [2.05, 4.69) is 9.97 Å². The van der Waals surface area contributed by atoms with Gasteiger partial charge in [0.15, 0.2) is 0 Å². The van der Waals surface area contributed by atoms with Crippen molar-refractivity contribution in [3.63, 3.8) is 0 Å². The number of esters is 1. The van der Waals surface area contributed by atoms with Gasteiger partial charge < -0.3 is 14.3 Å². The molecule has 0 bridgehead atoms. The van der Waals surface area contributed by atoms with Gasteiger partial charge in [-0.2, -0.15) is 0 Å². The summed E-state index contributed by atoms with van der Waals surface area (Å²) in [7, 11) is 0. The van der Waals surface area contributed by atoms with Crippen molar-refractivity contribution in [3.8, 4) is 16.3 Å². The lowest BCUT2D eigenvalue weighted by Gasteiger charge is -2.07. The van der Waals surface area contributed by atoms with Gasteiger partial charge in [-0.3, -0.25) is 9.78 Å². The number of nitrogens with zero attached hydrogens (tertiary/aromatic N) is 2. The van der Waals surface area contributed by atoms with E-state index in [-0.39, 0.29) is 24.4 Å². The third kappa shape index (κ3) is 3.91. The highest BCUT2D eigenvalue weighted by atomic mass is 32.1. The van der Waals surface area contributed by atoms with E-state index in [0.29, 0.717) is 16.6 Å². The van der Waals surface area contributed by atoms with Crippen molar-refractivity contribution in [1.29, 1.82) is 0 Å². The van der Waals surface area contributed by atoms with Crippen LogP contribution >= 0.6 is 11.3 Å². The average molecular weight is 394 g/mol. The predicted molar refractivity (Wildman–Crippen MR) is 103 cm³/mol. The van der Waals surface area contributed by atoms with Gasteiger partial charge in [-0.05, 0) is 24.3 Å². The monoisotopic (exact) mass is 394 g/mol. The smallest absolute Gasteiger partial charge is 0.336 e. The van der Waals surface area contributed by atoms with Crippen LogP contribution in [0.1, 0.15) is 11.3 Å². The molecule has 0 radical (unpaired) electrons. The zero-order valence-electron chi connectivity index (χ0n) is 14.5. The van der Waals surface area contributed by atoms with E-state index in [1.807, 2.05) is 12.1 Å². The van der Waals surface area contributed by atoms with Crippen LogP contribution in [0.3, 0.4) is 0 Å². The molecule has 1 aromatic carbocycles. The Labute approximate surface area is 162 Å². The molecule has 7 nitrogen and oxygen atoms in total. The van der Waals surface area contributed by atoms with E-state index < -0.39 is 11.6 Å². The van der Waals surface area contributed by atoms with Crippen LogP contribution in [0.5, 0.6) is 5.75 Å². The number of ether oxygens (including phenoxy) is 1. The minimum atomic E-state index is -0.579. The van der Waals surface area contributed by atoms with Crippen LogP contribution in [0.15, 0.2) is 63.4 Å². The Bertz CT molecular complexity index is 1200. The molecular weight excluding hydrogens is 380 g/mol. The number of hydrogen-bond acceptors (Lipinski definition) is 8. The Morgan fingerprint density at radius 1 is 1.25 bits per heavy atom. The maximum absolute atomic E-state index is 12.2. The lowest BCUT2D eigenvalue weighted by Crippen LogP contribution is -2.10. The first-order valence-electron chi connectivity index (χ1n) is 8.35. The highest BCUT2D eigenvalue weighted by molar-refractivity contribution is 7.13. The number of rotatable bonds is 5. The highest BCUT2D eigenvalue weighted by Gasteiger charge is 2.12. The molecular formula is C20H14N2O5S. The zero-order valence-corrected chi connectivity index (χ0v) is 15.3. The first-order chi connectivity index (χ1) is 13.6. The number of phenolic OH excluding ortho intramolecular Hbond substituents is 1. The predicted octanol–water partition coefficient (Wildman–Crippen LogP) is 3.30. The third-order valence-corrected chi connectivity index (χ3v) is 4.93. The van der Waals surface area contributed by atoms with Gasteiger partial charge in [0, 0.05) is 46.4 Å². The molecule has 3 heterocycles. The molecule has 0 aliphatic carbocycles. The summed E-state index contributed by atoms with van der Waals surface area (Å²) in [5, 5.41) is 12.7. The number of thiazole rings is 1. The van der Waals surface area contributed by atoms with Gasteiger partial charge in [0.25, 0.3) is 0 Å². The molecule has 140 valence electrons. The molecule has 1 N–H and O–H groups in total. The second-order valence-corrected chi connectivity index (χ2v) is 6.85. The Kier molecular flexibility index (Phi) is 4.86. The number of fused-ring (bicyclic) bond motifs is 1. The summed E-state index contributed by atoms with van der Waals surface area (Å²) < 4.78 is 10.4. The molecule has 28 heavy (non-hydrogen) atoms. The molecule has 0 saturated carbocycles. The van der Waals surface area contributed by atoms with E-state index >= 15 is 0 Å². The van der Waals surface area contributed by atoms with Crippen LogP contribution < -0.4 is 5.63 Å². The highest BCUT2D eigenvalue weighted by Crippen LogP contribution is 2.24. The summed E-state index contributed by atoms with van der Waals surface area (Å²) in [5.41, 5.74) is 1.66. The van der Waals surface area contributed by atoms with Gasteiger partial charge in [0.1, 0.15) is 22.9 Å². The van der Waals surface area contributed by atoms with E-state index in [1.54, 1.807) is 23.8 Å². The average Bonchev–Trinajstić information content (AvgIpc) is 3.14. The molecule has 0 aliphatic heterocycles. The molecule has 4 aromatic rings. The number of carbonyl (C=O) groups excluding carboxylic acids is 1. The van der Waals surface area contributed by atoms with Crippen molar-refractivity contribution < 1.29 is 19.1 Å². The topological polar surface area (TPSA) is 103 Å². The van der Waals surface area contributed by atoms with Crippen molar-refractivity contribution in [2.75, 3.05) is 0 Å². The maximum atomic E-state index is 12.2. The number of hydrogen-bond donors (Lipinski definition) is 1. The van der Waals surface area contributed by atoms with E-state index in [0.717, 1.165) is 10.6 Å². The van der Waals surface area contributed by atoms with Crippen molar-refractivity contribution >= 4 is 28.3 Å². The Morgan fingerprint density at radius 3 is 2.96 bits per heavy atom. The van der Waals surface area contributed by atoms with E-state index in [1.165, 1.54) is 29.5 Å². The minimum Gasteiger partial charge on any atom is -0.508 e. The fourth-order valence-electron chi connectivity index (χ4n) is 2.71. The third-order valence-electron chi connectivity index (χ3n) is 3.99. The van der Waals surface area contributed by atoms with E-state index in [4.69, 9.17) is 9.15 Å². The molecule has 3 aromatic heterocycles. The number of phenols is 1. The standard InChI is InChI=1S/C20H14N2O5S/c23-15-3-4-16-13(6-19(25)27-17(16)8-15)10-26-18(24)7-14-11-28-20(22-14)12-2-1-5-21-9-12/h1-6,8-9,11,23H,7,10H2. The fourth-order valence-corrected chi connectivity index (χ4v) is 3.52. The van der Waals surface area contributed by atoms with Crippen LogP contribution in [0.4, 0.5) is 0 Å². The Hall–Kier alpha value is -3.52. The molecule has 0 spiro atoms. The van der Waals surface area contributed by atoms with Crippen molar-refractivity contribution in [2.24, 2.45) is 0 Å². The first-order valence-corrected chi connectivity index (χ1v) is 9.22. The second-order valence-electron chi connectivity index (χ2n) is 5.99. The molecule has 0 aliphatic rings. The number of carbonyl (C=O) groups is 1. The summed E-state index contributed by atoms with van der Waals surface area (Å²) in [6.45, 7) is -0.0781. The number of benzene rings is 1. The molecule has 0 atom stereocenters. The normalized spacial score (nSPS) is 10.9. The second kappa shape index (κ2) is 7.61. The van der Waals surface area contributed by atoms with Crippen LogP contribution in [-0.2, 0) is 22.6 Å². The first kappa shape index (κ1) is 17.9.